The van der Waals surface area contributed by atoms with Gasteiger partial charge in [0.15, 0.2) is 0 Å². The molecule has 33 heavy (non-hydrogen) atoms. The molecule has 2 heterocycles. The molecule has 7 heteroatoms. The van der Waals surface area contributed by atoms with Crippen molar-refractivity contribution in [1.82, 2.24) is 15.2 Å². The number of nitrogen functional groups attached to an aromatic ring is 1. The number of rotatable bonds is 8. The Balaban J connectivity index is 1.66. The van der Waals surface area contributed by atoms with Crippen LogP contribution in [0, 0.1) is 0 Å². The van der Waals surface area contributed by atoms with Crippen molar-refractivity contribution in [2.24, 2.45) is 0 Å². The minimum atomic E-state index is 0.0971. The van der Waals surface area contributed by atoms with Crippen LogP contribution >= 0.6 is 11.3 Å². The zero-order valence-corrected chi connectivity index (χ0v) is 20.1. The van der Waals surface area contributed by atoms with Crippen LogP contribution in [0.2, 0.25) is 0 Å². The van der Waals surface area contributed by atoms with E-state index in [1.165, 1.54) is 11.3 Å². The number of hydrogen-bond acceptors (Lipinski definition) is 6. The van der Waals surface area contributed by atoms with E-state index in [-0.39, 0.29) is 11.9 Å². The predicted octanol–water partition coefficient (Wildman–Crippen LogP) is 4.96. The summed E-state index contributed by atoms with van der Waals surface area (Å²) in [5, 5.41) is 5.35. The number of benzene rings is 1. The van der Waals surface area contributed by atoms with Crippen LogP contribution in [-0.4, -0.2) is 41.5 Å². The molecule has 1 aliphatic carbocycles. The largest absolute Gasteiger partial charge is 0.494 e. The van der Waals surface area contributed by atoms with Gasteiger partial charge in [0.2, 0.25) is 0 Å². The van der Waals surface area contributed by atoms with E-state index in [1.807, 2.05) is 49.7 Å². The first-order valence-electron chi connectivity index (χ1n) is 11.6. The lowest BCUT2D eigenvalue weighted by molar-refractivity contribution is 0.0604. The lowest BCUT2D eigenvalue weighted by atomic mass is 9.89. The van der Waals surface area contributed by atoms with E-state index < -0.39 is 0 Å². The molecule has 4 rings (SSSR count). The Labute approximate surface area is 199 Å². The predicted molar refractivity (Wildman–Crippen MR) is 135 cm³/mol. The summed E-state index contributed by atoms with van der Waals surface area (Å²) < 4.78 is 5.96. The highest BCUT2D eigenvalue weighted by atomic mass is 32.1. The average molecular weight is 465 g/mol. The summed E-state index contributed by atoms with van der Waals surface area (Å²) in [6, 6.07) is 14.5. The molecule has 0 radical (unpaired) electrons. The molecule has 174 valence electrons. The fraction of sp³-hybridized carbons (Fsp3) is 0.385. The first kappa shape index (κ1) is 23.3. The fourth-order valence-corrected chi connectivity index (χ4v) is 5.20. The van der Waals surface area contributed by atoms with Crippen LogP contribution in [0.25, 0.3) is 11.1 Å². The van der Waals surface area contributed by atoms with E-state index in [9.17, 15) is 4.79 Å². The number of ether oxygens (including phenoxy) is 1. The second-order valence-electron chi connectivity index (χ2n) is 8.43. The van der Waals surface area contributed by atoms with Crippen molar-refractivity contribution in [3.05, 3.63) is 64.5 Å². The highest BCUT2D eigenvalue weighted by Gasteiger charge is 2.30. The van der Waals surface area contributed by atoms with Crippen LogP contribution in [0.1, 0.15) is 47.8 Å². The van der Waals surface area contributed by atoms with Crippen LogP contribution in [0.15, 0.2) is 54.0 Å². The number of carbonyl (C=O) groups is 1. The highest BCUT2D eigenvalue weighted by molar-refractivity contribution is 7.12. The van der Waals surface area contributed by atoms with Gasteiger partial charge in [-0.3, -0.25) is 4.79 Å². The minimum absolute atomic E-state index is 0.0971. The number of amides is 1. The molecule has 3 N–H and O–H groups in total. The maximum Gasteiger partial charge on any atom is 0.264 e. The summed E-state index contributed by atoms with van der Waals surface area (Å²) in [6.45, 7) is 3.06. The first-order chi connectivity index (χ1) is 16.1. The molecular weight excluding hydrogens is 432 g/mol. The zero-order valence-electron chi connectivity index (χ0n) is 19.3. The quantitative estimate of drug-likeness (QED) is 0.492. The van der Waals surface area contributed by atoms with E-state index in [0.29, 0.717) is 25.0 Å². The molecule has 0 atom stereocenters. The van der Waals surface area contributed by atoms with Crippen molar-refractivity contribution in [1.29, 1.82) is 0 Å². The van der Waals surface area contributed by atoms with Gasteiger partial charge in [0.1, 0.15) is 11.6 Å². The van der Waals surface area contributed by atoms with Crippen molar-refractivity contribution < 1.29 is 9.53 Å². The van der Waals surface area contributed by atoms with Crippen LogP contribution < -0.4 is 15.8 Å². The molecule has 3 aromatic rings. The monoisotopic (exact) mass is 464 g/mol. The Hall–Kier alpha value is -2.90. The third-order valence-electron chi connectivity index (χ3n) is 6.36. The Morgan fingerprint density at radius 2 is 1.97 bits per heavy atom. The molecule has 1 amide bonds. The summed E-state index contributed by atoms with van der Waals surface area (Å²) in [5.41, 5.74) is 8.79. The minimum Gasteiger partial charge on any atom is -0.494 e. The molecule has 0 bridgehead atoms. The number of pyridine rings is 1. The van der Waals surface area contributed by atoms with Crippen molar-refractivity contribution in [2.75, 3.05) is 19.4 Å². The zero-order chi connectivity index (χ0) is 23.2. The molecule has 2 aromatic heterocycles. The van der Waals surface area contributed by atoms with Gasteiger partial charge in [0.05, 0.1) is 11.5 Å². The molecule has 0 spiro atoms. The molecule has 6 nitrogen and oxygen atoms in total. The maximum absolute atomic E-state index is 13.6. The summed E-state index contributed by atoms with van der Waals surface area (Å²) in [7, 11) is 2.02. The molecule has 0 unspecified atom stereocenters. The molecule has 1 aromatic carbocycles. The summed E-state index contributed by atoms with van der Waals surface area (Å²) >= 11 is 1.50. The van der Waals surface area contributed by atoms with Gasteiger partial charge >= 0.3 is 0 Å². The SMILES string of the molecule is CCOc1ccc(-c2ccc(N)nc2)cc1CN(C(=O)c1cccs1)C1CCC(NC)CC1. The Kier molecular flexibility index (Phi) is 7.62. The van der Waals surface area contributed by atoms with Crippen LogP contribution in [-0.2, 0) is 6.54 Å². The van der Waals surface area contributed by atoms with Gasteiger partial charge in [-0.05, 0) is 80.9 Å². The number of aromatic nitrogens is 1. The van der Waals surface area contributed by atoms with Gasteiger partial charge in [0.25, 0.3) is 5.91 Å². The standard InChI is InChI=1S/C26H32N4O2S/c1-3-32-23-12-6-18(19-7-13-25(27)29-16-19)15-20(23)17-30(26(31)24-5-4-14-33-24)22-10-8-21(28-2)9-11-22/h4-7,12-16,21-22,28H,3,8-11,17H2,1-2H3,(H2,27,29). The maximum atomic E-state index is 13.6. The lowest BCUT2D eigenvalue weighted by Gasteiger charge is -2.37. The molecule has 0 saturated heterocycles. The number of hydrogen-bond donors (Lipinski definition) is 2. The fourth-order valence-electron chi connectivity index (χ4n) is 4.52. The summed E-state index contributed by atoms with van der Waals surface area (Å²) in [4.78, 5) is 20.6. The second-order valence-corrected chi connectivity index (χ2v) is 9.38. The van der Waals surface area contributed by atoms with Crippen LogP contribution in [0.4, 0.5) is 5.82 Å². The molecule has 1 fully saturated rings. The van der Waals surface area contributed by atoms with E-state index in [2.05, 4.69) is 21.3 Å². The number of nitrogens with two attached hydrogens (primary N) is 1. The third kappa shape index (κ3) is 5.54. The number of thiophene rings is 1. The van der Waals surface area contributed by atoms with Crippen LogP contribution in [0.3, 0.4) is 0 Å². The Morgan fingerprint density at radius 3 is 2.61 bits per heavy atom. The molecular formula is C26H32N4O2S. The van der Waals surface area contributed by atoms with Crippen LogP contribution in [0.5, 0.6) is 5.75 Å². The van der Waals surface area contributed by atoms with Gasteiger partial charge in [-0.25, -0.2) is 4.98 Å². The van der Waals surface area contributed by atoms with E-state index in [0.717, 1.165) is 53.0 Å². The molecule has 1 saturated carbocycles. The normalized spacial score (nSPS) is 18.1. The van der Waals surface area contributed by atoms with Gasteiger partial charge in [-0.1, -0.05) is 12.1 Å². The lowest BCUT2D eigenvalue weighted by Crippen LogP contribution is -2.44. The number of anilines is 1. The summed E-state index contributed by atoms with van der Waals surface area (Å²) in [5.74, 6) is 1.41. The second kappa shape index (κ2) is 10.8. The Bertz CT molecular complexity index is 1040. The van der Waals surface area contributed by atoms with E-state index in [1.54, 1.807) is 12.3 Å². The molecule has 1 aliphatic rings. The van der Waals surface area contributed by atoms with E-state index in [4.69, 9.17) is 10.5 Å². The number of carbonyl (C=O) groups excluding carboxylic acids is 1. The van der Waals surface area contributed by atoms with Crippen molar-refractivity contribution in [3.63, 3.8) is 0 Å². The van der Waals surface area contributed by atoms with Gasteiger partial charge < -0.3 is 20.7 Å². The van der Waals surface area contributed by atoms with Crippen molar-refractivity contribution >= 4 is 23.1 Å². The average Bonchev–Trinajstić information content (AvgIpc) is 3.39. The molecule has 0 aliphatic heterocycles. The Morgan fingerprint density at radius 1 is 1.18 bits per heavy atom. The first-order valence-corrected chi connectivity index (χ1v) is 12.5. The van der Waals surface area contributed by atoms with Gasteiger partial charge in [-0.15, -0.1) is 11.3 Å². The number of nitrogens with zero attached hydrogens (tertiary/aromatic N) is 2. The smallest absolute Gasteiger partial charge is 0.264 e. The topological polar surface area (TPSA) is 80.5 Å². The van der Waals surface area contributed by atoms with Crippen molar-refractivity contribution in [3.8, 4) is 16.9 Å². The van der Waals surface area contributed by atoms with Crippen molar-refractivity contribution in [2.45, 2.75) is 51.2 Å². The van der Waals surface area contributed by atoms with E-state index >= 15 is 0 Å². The van der Waals surface area contributed by atoms with Gasteiger partial charge in [-0.2, -0.15) is 0 Å². The summed E-state index contributed by atoms with van der Waals surface area (Å²) in [6.07, 6.45) is 5.92. The number of nitrogens with one attached hydrogen (secondary N) is 1. The van der Waals surface area contributed by atoms with Gasteiger partial charge in [0, 0.05) is 36.0 Å². The third-order valence-corrected chi connectivity index (χ3v) is 7.22. The highest BCUT2D eigenvalue weighted by Crippen LogP contribution is 2.32.